The molecule has 0 unspecified atom stereocenters. The largest absolute Gasteiger partial charge is 0.465 e. The van der Waals surface area contributed by atoms with Gasteiger partial charge in [0.05, 0.1) is 6.61 Å². The number of esters is 1. The van der Waals surface area contributed by atoms with Crippen molar-refractivity contribution >= 4 is 11.9 Å². The second-order valence-corrected chi connectivity index (χ2v) is 6.50. The molecule has 0 saturated heterocycles. The third-order valence-corrected chi connectivity index (χ3v) is 4.79. The molecule has 0 aromatic rings. The van der Waals surface area contributed by atoms with Crippen LogP contribution in [-0.2, 0) is 14.3 Å². The van der Waals surface area contributed by atoms with Gasteiger partial charge in [0.2, 0.25) is 5.91 Å². The number of ether oxygens (including phenoxy) is 1. The Morgan fingerprint density at radius 2 is 1.90 bits per heavy atom. The monoisotopic (exact) mass is 296 g/mol. The normalized spacial score (nSPS) is 20.9. The Bertz CT molecular complexity index is 374. The molecule has 2 rings (SSSR count). The van der Waals surface area contributed by atoms with E-state index in [0.717, 1.165) is 38.5 Å². The minimum Gasteiger partial charge on any atom is -0.465 e. The van der Waals surface area contributed by atoms with Gasteiger partial charge in [0, 0.05) is 12.5 Å². The Hall–Kier alpha value is -1.10. The Morgan fingerprint density at radius 3 is 2.43 bits per heavy atom. The zero-order valence-corrected chi connectivity index (χ0v) is 13.1. The summed E-state index contributed by atoms with van der Waals surface area (Å²) in [5.74, 6) is -0.221. The number of carbonyl (C=O) groups excluding carboxylic acids is 2. The molecule has 2 N–H and O–H groups in total. The van der Waals surface area contributed by atoms with Crippen LogP contribution in [0.1, 0.15) is 58.3 Å². The number of nitrogens with zero attached hydrogens (tertiary/aromatic N) is 1. The predicted octanol–water partition coefficient (Wildman–Crippen LogP) is 1.84. The Balaban J connectivity index is 1.96. The number of hydrogen-bond donors (Lipinski definition) is 1. The fourth-order valence-electron chi connectivity index (χ4n) is 3.33. The maximum atomic E-state index is 12.7. The van der Waals surface area contributed by atoms with E-state index < -0.39 is 0 Å². The van der Waals surface area contributed by atoms with Crippen LogP contribution in [0.25, 0.3) is 0 Å². The van der Waals surface area contributed by atoms with E-state index >= 15 is 0 Å². The Kier molecular flexibility index (Phi) is 5.62. The predicted molar refractivity (Wildman–Crippen MR) is 80.6 cm³/mol. The highest BCUT2D eigenvalue weighted by molar-refractivity contribution is 5.83. The summed E-state index contributed by atoms with van der Waals surface area (Å²) in [5.41, 5.74) is 5.92. The molecular formula is C16H28N2O3. The first-order valence-electron chi connectivity index (χ1n) is 8.25. The van der Waals surface area contributed by atoms with Gasteiger partial charge in [0.1, 0.15) is 6.54 Å². The summed E-state index contributed by atoms with van der Waals surface area (Å²) in [6.07, 6.45) is 8.12. The van der Waals surface area contributed by atoms with Crippen molar-refractivity contribution in [1.29, 1.82) is 0 Å². The van der Waals surface area contributed by atoms with E-state index in [1.165, 1.54) is 6.42 Å². The minimum absolute atomic E-state index is 0.0445. The number of hydrogen-bond acceptors (Lipinski definition) is 4. The molecule has 0 aromatic carbocycles. The van der Waals surface area contributed by atoms with Crippen LogP contribution in [0.4, 0.5) is 0 Å². The summed E-state index contributed by atoms with van der Waals surface area (Å²) in [5, 5.41) is 0. The summed E-state index contributed by atoms with van der Waals surface area (Å²) in [6, 6.07) is 0.236. The molecule has 2 aliphatic carbocycles. The Morgan fingerprint density at radius 1 is 1.24 bits per heavy atom. The summed E-state index contributed by atoms with van der Waals surface area (Å²) in [7, 11) is 0. The molecule has 0 bridgehead atoms. The van der Waals surface area contributed by atoms with E-state index in [-0.39, 0.29) is 29.9 Å². The first-order chi connectivity index (χ1) is 10.1. The number of amides is 1. The van der Waals surface area contributed by atoms with Gasteiger partial charge in [-0.15, -0.1) is 0 Å². The van der Waals surface area contributed by atoms with E-state index in [2.05, 4.69) is 0 Å². The first kappa shape index (κ1) is 16.3. The van der Waals surface area contributed by atoms with E-state index in [1.54, 1.807) is 11.8 Å². The third-order valence-electron chi connectivity index (χ3n) is 4.79. The molecule has 120 valence electrons. The van der Waals surface area contributed by atoms with Gasteiger partial charge in [-0.3, -0.25) is 9.59 Å². The SMILES string of the molecule is CCOC(=O)CN(C(=O)CC1(CN)CCCCC1)C1CC1. The quantitative estimate of drug-likeness (QED) is 0.728. The van der Waals surface area contributed by atoms with E-state index in [4.69, 9.17) is 10.5 Å². The minimum atomic E-state index is -0.303. The van der Waals surface area contributed by atoms with E-state index in [1.807, 2.05) is 0 Å². The van der Waals surface area contributed by atoms with Crippen LogP contribution in [-0.4, -0.2) is 42.5 Å². The van der Waals surface area contributed by atoms with Crippen molar-refractivity contribution < 1.29 is 14.3 Å². The lowest BCUT2D eigenvalue weighted by Gasteiger charge is -2.37. The van der Waals surface area contributed by atoms with Gasteiger partial charge < -0.3 is 15.4 Å². The summed E-state index contributed by atoms with van der Waals surface area (Å²) in [6.45, 7) is 2.81. The van der Waals surface area contributed by atoms with E-state index in [9.17, 15) is 9.59 Å². The lowest BCUT2D eigenvalue weighted by molar-refractivity contribution is -0.150. The van der Waals surface area contributed by atoms with Crippen LogP contribution in [0.3, 0.4) is 0 Å². The molecule has 21 heavy (non-hydrogen) atoms. The zero-order chi connectivity index (χ0) is 15.3. The molecule has 5 nitrogen and oxygen atoms in total. The molecule has 2 saturated carbocycles. The molecule has 5 heteroatoms. The topological polar surface area (TPSA) is 72.6 Å². The molecule has 0 aromatic heterocycles. The van der Waals surface area contributed by atoms with Crippen LogP contribution >= 0.6 is 0 Å². The molecule has 0 atom stereocenters. The lowest BCUT2D eigenvalue weighted by atomic mass is 9.71. The van der Waals surface area contributed by atoms with Crippen molar-refractivity contribution in [2.24, 2.45) is 11.1 Å². The molecule has 0 heterocycles. The van der Waals surface area contributed by atoms with Crippen LogP contribution in [0.2, 0.25) is 0 Å². The highest BCUT2D eigenvalue weighted by Gasteiger charge is 2.39. The van der Waals surface area contributed by atoms with Gasteiger partial charge in [-0.1, -0.05) is 19.3 Å². The Labute approximate surface area is 127 Å². The summed E-state index contributed by atoms with van der Waals surface area (Å²) < 4.78 is 4.98. The lowest BCUT2D eigenvalue weighted by Crippen LogP contribution is -2.43. The zero-order valence-electron chi connectivity index (χ0n) is 13.1. The molecule has 0 spiro atoms. The second-order valence-electron chi connectivity index (χ2n) is 6.50. The van der Waals surface area contributed by atoms with Crippen molar-refractivity contribution in [2.45, 2.75) is 64.3 Å². The number of rotatable bonds is 7. The van der Waals surface area contributed by atoms with Crippen LogP contribution < -0.4 is 5.73 Å². The third kappa shape index (κ3) is 4.43. The van der Waals surface area contributed by atoms with Gasteiger partial charge in [-0.05, 0) is 44.6 Å². The molecule has 1 amide bonds. The van der Waals surface area contributed by atoms with Crippen LogP contribution in [0.5, 0.6) is 0 Å². The fourth-order valence-corrected chi connectivity index (χ4v) is 3.33. The second kappa shape index (κ2) is 7.25. The maximum Gasteiger partial charge on any atom is 0.325 e. The smallest absolute Gasteiger partial charge is 0.325 e. The molecule has 2 aliphatic rings. The first-order valence-corrected chi connectivity index (χ1v) is 8.25. The number of carbonyl (C=O) groups is 2. The summed E-state index contributed by atoms with van der Waals surface area (Å²) >= 11 is 0. The maximum absolute atomic E-state index is 12.7. The highest BCUT2D eigenvalue weighted by Crippen LogP contribution is 2.39. The van der Waals surface area contributed by atoms with Crippen molar-refractivity contribution in [2.75, 3.05) is 19.7 Å². The molecule has 0 radical (unpaired) electrons. The van der Waals surface area contributed by atoms with Gasteiger partial charge >= 0.3 is 5.97 Å². The molecule has 2 fully saturated rings. The van der Waals surface area contributed by atoms with Gasteiger partial charge in [-0.2, -0.15) is 0 Å². The van der Waals surface area contributed by atoms with E-state index in [0.29, 0.717) is 19.6 Å². The highest BCUT2D eigenvalue weighted by atomic mass is 16.5. The van der Waals surface area contributed by atoms with Crippen molar-refractivity contribution in [3.8, 4) is 0 Å². The van der Waals surface area contributed by atoms with Crippen molar-refractivity contribution in [3.05, 3.63) is 0 Å². The average Bonchev–Trinajstić information content (AvgIpc) is 3.30. The van der Waals surface area contributed by atoms with Crippen molar-refractivity contribution in [1.82, 2.24) is 4.90 Å². The summed E-state index contributed by atoms with van der Waals surface area (Å²) in [4.78, 5) is 26.1. The van der Waals surface area contributed by atoms with Gasteiger partial charge in [0.15, 0.2) is 0 Å². The van der Waals surface area contributed by atoms with Gasteiger partial charge in [0.25, 0.3) is 0 Å². The molecular weight excluding hydrogens is 268 g/mol. The average molecular weight is 296 g/mol. The number of nitrogens with two attached hydrogens (primary N) is 1. The standard InChI is InChI=1S/C16H28N2O3/c1-2-21-15(20)11-18(13-6-7-13)14(19)10-16(12-17)8-4-3-5-9-16/h13H,2-12,17H2,1H3. The fraction of sp³-hybridized carbons (Fsp3) is 0.875. The van der Waals surface area contributed by atoms with Crippen LogP contribution in [0.15, 0.2) is 0 Å². The van der Waals surface area contributed by atoms with Crippen LogP contribution in [0, 0.1) is 5.41 Å². The molecule has 0 aliphatic heterocycles. The van der Waals surface area contributed by atoms with Crippen molar-refractivity contribution in [3.63, 3.8) is 0 Å². The van der Waals surface area contributed by atoms with Gasteiger partial charge in [-0.25, -0.2) is 0 Å².